The summed E-state index contributed by atoms with van der Waals surface area (Å²) in [5, 5.41) is 0. The van der Waals surface area contributed by atoms with Crippen LogP contribution in [0.2, 0.25) is 0 Å². The van der Waals surface area contributed by atoms with Crippen molar-refractivity contribution in [3.05, 3.63) is 85.9 Å². The van der Waals surface area contributed by atoms with Gasteiger partial charge in [-0.25, -0.2) is 0 Å². The molecule has 3 aromatic rings. The van der Waals surface area contributed by atoms with Crippen molar-refractivity contribution in [1.29, 1.82) is 0 Å². The van der Waals surface area contributed by atoms with Crippen molar-refractivity contribution < 1.29 is 25.8 Å². The van der Waals surface area contributed by atoms with Gasteiger partial charge in [-0.1, -0.05) is 0 Å². The third-order valence-electron chi connectivity index (χ3n) is 5.11. The average molecular weight is 594 g/mol. The Morgan fingerprint density at radius 2 is 1.61 bits per heavy atom. The number of nitrogens with zero attached hydrogens (tertiary/aromatic N) is 6. The molecule has 0 N–H and O–H groups in total. The largest absolute Gasteiger partial charge is 4.00 e. The summed E-state index contributed by atoms with van der Waals surface area (Å²) in [5.74, 6) is 2.05. The summed E-state index contributed by atoms with van der Waals surface area (Å²) < 4.78 is 8.25. The van der Waals surface area contributed by atoms with Crippen molar-refractivity contribution in [1.82, 2.24) is 19.2 Å². The standard InChI is InChI=1S/C23H22N6O.Pt/c1-17-18(2)29-22(24-17)13-21(14-23(29)28-11-9-26(4)16-28)30-20-7-5-6-19(12-20)27-10-8-25(3)15-27;/h5-11,13,15-16H,1-4H3;/q-4;+4. The van der Waals surface area contributed by atoms with Gasteiger partial charge in [-0.15, -0.1) is 30.0 Å². The third-order valence-corrected chi connectivity index (χ3v) is 5.11. The first kappa shape index (κ1) is 21.3. The number of anilines is 2. The molecule has 0 saturated heterocycles. The second kappa shape index (κ2) is 8.31. The second-order valence-corrected chi connectivity index (χ2v) is 7.41. The molecule has 0 spiro atoms. The minimum Gasteiger partial charge on any atom is -0.521 e. The van der Waals surface area contributed by atoms with Crippen molar-refractivity contribution in [3.63, 3.8) is 0 Å². The smallest absolute Gasteiger partial charge is 0.521 e. The molecule has 7 nitrogen and oxygen atoms in total. The molecule has 0 saturated carbocycles. The van der Waals surface area contributed by atoms with Crippen LogP contribution in [-0.4, -0.2) is 33.3 Å². The van der Waals surface area contributed by atoms with Crippen molar-refractivity contribution in [2.45, 2.75) is 13.8 Å². The molecule has 0 unspecified atom stereocenters. The number of pyridine rings is 1. The summed E-state index contributed by atoms with van der Waals surface area (Å²) in [6.07, 6.45) is 7.94. The van der Waals surface area contributed by atoms with Crippen LogP contribution in [0.1, 0.15) is 11.4 Å². The monoisotopic (exact) mass is 593 g/mol. The Labute approximate surface area is 197 Å². The summed E-state index contributed by atoms with van der Waals surface area (Å²) >= 11 is 0. The van der Waals surface area contributed by atoms with Gasteiger partial charge in [0.15, 0.2) is 0 Å². The van der Waals surface area contributed by atoms with Crippen molar-refractivity contribution >= 4 is 17.2 Å². The minimum absolute atomic E-state index is 0. The van der Waals surface area contributed by atoms with Gasteiger partial charge in [0.25, 0.3) is 0 Å². The van der Waals surface area contributed by atoms with Crippen LogP contribution >= 0.6 is 0 Å². The molecule has 2 aliphatic heterocycles. The van der Waals surface area contributed by atoms with Gasteiger partial charge >= 0.3 is 21.1 Å². The van der Waals surface area contributed by atoms with Crippen LogP contribution in [0, 0.1) is 39.3 Å². The Morgan fingerprint density at radius 3 is 2.29 bits per heavy atom. The summed E-state index contributed by atoms with van der Waals surface area (Å²) in [7, 11) is 3.97. The maximum absolute atomic E-state index is 6.17. The van der Waals surface area contributed by atoms with Crippen LogP contribution in [0.4, 0.5) is 11.5 Å². The van der Waals surface area contributed by atoms with Gasteiger partial charge < -0.3 is 28.7 Å². The van der Waals surface area contributed by atoms with Gasteiger partial charge in [0.05, 0.1) is 11.3 Å². The van der Waals surface area contributed by atoms with Gasteiger partial charge in [-0.3, -0.25) is 4.98 Å². The number of fused-ring (bicyclic) bond motifs is 1. The van der Waals surface area contributed by atoms with E-state index in [1.165, 1.54) is 0 Å². The zero-order valence-corrected chi connectivity index (χ0v) is 20.0. The fourth-order valence-corrected chi connectivity index (χ4v) is 3.49. The Kier molecular flexibility index (Phi) is 5.71. The zero-order valence-electron chi connectivity index (χ0n) is 17.7. The van der Waals surface area contributed by atoms with E-state index in [2.05, 4.69) is 23.5 Å². The first-order valence-electron chi connectivity index (χ1n) is 9.67. The van der Waals surface area contributed by atoms with Crippen molar-refractivity contribution in [3.8, 4) is 11.5 Å². The van der Waals surface area contributed by atoms with Crippen LogP contribution in [-0.2, 0) is 21.1 Å². The van der Waals surface area contributed by atoms with E-state index in [1.54, 1.807) is 0 Å². The fraction of sp³-hybridized carbons (Fsp3) is 0.174. The molecule has 0 amide bonds. The van der Waals surface area contributed by atoms with Crippen LogP contribution in [0.25, 0.3) is 5.65 Å². The first-order valence-corrected chi connectivity index (χ1v) is 9.67. The van der Waals surface area contributed by atoms with E-state index in [9.17, 15) is 0 Å². The van der Waals surface area contributed by atoms with Crippen molar-refractivity contribution in [2.24, 2.45) is 0 Å². The van der Waals surface area contributed by atoms with Gasteiger partial charge in [-0.2, -0.15) is 25.5 Å². The maximum Gasteiger partial charge on any atom is 4.00 e. The number of aromatic nitrogens is 2. The number of hydrogen-bond acceptors (Lipinski definition) is 6. The molecule has 4 heterocycles. The van der Waals surface area contributed by atoms with Crippen LogP contribution in [0.3, 0.4) is 0 Å². The molecule has 31 heavy (non-hydrogen) atoms. The molecule has 0 aliphatic carbocycles. The molecule has 0 fully saturated rings. The SMILES string of the molecule is Cc1nc2cc(Oc3[c-]c(N4C=CN(C)[CH-]4)ccc3)[c-]c(N3C=CN(C)[CH-]3)n2c1C.[Pt+4]. The van der Waals surface area contributed by atoms with E-state index in [0.29, 0.717) is 11.5 Å². The van der Waals surface area contributed by atoms with Crippen LogP contribution < -0.4 is 14.5 Å². The number of aryl methyl sites for hydroxylation is 2. The van der Waals surface area contributed by atoms with Crippen LogP contribution in [0.5, 0.6) is 11.5 Å². The van der Waals surface area contributed by atoms with E-state index in [1.807, 2.05) is 103 Å². The molecular formula is C23H22N6OPt. The Hall–Kier alpha value is -2.92. The first-order chi connectivity index (χ1) is 14.5. The number of benzene rings is 1. The van der Waals surface area contributed by atoms with Gasteiger partial charge in [0.1, 0.15) is 0 Å². The van der Waals surface area contributed by atoms with E-state index in [4.69, 9.17) is 9.72 Å². The quantitative estimate of drug-likeness (QED) is 0.426. The number of hydrogen-bond donors (Lipinski definition) is 0. The van der Waals surface area contributed by atoms with E-state index >= 15 is 0 Å². The fourth-order valence-electron chi connectivity index (χ4n) is 3.49. The van der Waals surface area contributed by atoms with Gasteiger partial charge in [0.2, 0.25) is 0 Å². The molecule has 2 aromatic heterocycles. The summed E-state index contributed by atoms with van der Waals surface area (Å²) in [6, 6.07) is 14.5. The van der Waals surface area contributed by atoms with Gasteiger partial charge in [-0.05, 0) is 64.3 Å². The molecular weight excluding hydrogens is 571 g/mol. The maximum atomic E-state index is 6.17. The minimum atomic E-state index is 0. The van der Waals surface area contributed by atoms with E-state index in [0.717, 1.165) is 28.5 Å². The number of rotatable bonds is 4. The van der Waals surface area contributed by atoms with E-state index in [-0.39, 0.29) is 21.1 Å². The molecule has 0 bridgehead atoms. The summed E-state index contributed by atoms with van der Waals surface area (Å²) in [6.45, 7) is 8.04. The summed E-state index contributed by atoms with van der Waals surface area (Å²) in [4.78, 5) is 12.7. The Bertz CT molecular complexity index is 1170. The Balaban J connectivity index is 0.00000231. The predicted molar refractivity (Wildman–Crippen MR) is 116 cm³/mol. The number of imidazole rings is 1. The predicted octanol–water partition coefficient (Wildman–Crippen LogP) is 4.03. The normalized spacial score (nSPS) is 15.4. The topological polar surface area (TPSA) is 39.5 Å². The number of ether oxygens (including phenoxy) is 1. The average Bonchev–Trinajstić information content (AvgIpc) is 3.42. The summed E-state index contributed by atoms with van der Waals surface area (Å²) in [5.41, 5.74) is 3.78. The second-order valence-electron chi connectivity index (χ2n) is 7.41. The molecule has 2 aliphatic rings. The molecule has 8 heteroatoms. The molecule has 1 aromatic carbocycles. The molecule has 5 rings (SSSR count). The van der Waals surface area contributed by atoms with Crippen LogP contribution in [0.15, 0.2) is 49.1 Å². The van der Waals surface area contributed by atoms with E-state index < -0.39 is 0 Å². The Morgan fingerprint density at radius 1 is 0.903 bits per heavy atom. The van der Waals surface area contributed by atoms with Gasteiger partial charge in [0, 0.05) is 11.4 Å². The molecule has 0 radical (unpaired) electrons. The molecule has 0 atom stereocenters. The third kappa shape index (κ3) is 4.02. The zero-order chi connectivity index (χ0) is 20.8. The molecule has 160 valence electrons. The van der Waals surface area contributed by atoms with Crippen molar-refractivity contribution in [2.75, 3.05) is 23.9 Å².